The molecule has 0 atom stereocenters. The third-order valence-electron chi connectivity index (χ3n) is 6.99. The highest BCUT2D eigenvalue weighted by Gasteiger charge is 2.33. The zero-order chi connectivity index (χ0) is 22.7. The van der Waals surface area contributed by atoms with Crippen LogP contribution in [-0.4, -0.2) is 74.9 Å². The van der Waals surface area contributed by atoms with E-state index in [0.717, 1.165) is 82.8 Å². The summed E-state index contributed by atoms with van der Waals surface area (Å²) in [4.78, 5) is 14.4. The molecule has 3 rings (SSSR count). The second-order valence-corrected chi connectivity index (χ2v) is 9.15. The van der Waals surface area contributed by atoms with Crippen molar-refractivity contribution in [3.05, 3.63) is 23.9 Å². The minimum Gasteiger partial charge on any atom is -0.382 e. The number of anilines is 1. The number of likely N-dealkylation sites (N-methyl/N-ethyl adjacent to an activating group) is 1. The van der Waals surface area contributed by atoms with Crippen molar-refractivity contribution in [3.8, 4) is 0 Å². The number of pyridine rings is 1. The summed E-state index contributed by atoms with van der Waals surface area (Å²) in [5.74, 6) is 1.98. The summed E-state index contributed by atoms with van der Waals surface area (Å²) in [7, 11) is 0. The maximum atomic E-state index is 5.66. The Morgan fingerprint density at radius 1 is 1.09 bits per heavy atom. The lowest BCUT2D eigenvalue weighted by Crippen LogP contribution is -2.46. The number of rotatable bonds is 11. The molecule has 2 aliphatic rings. The number of guanidine groups is 1. The van der Waals surface area contributed by atoms with Crippen LogP contribution in [0.15, 0.2) is 23.3 Å². The fourth-order valence-electron chi connectivity index (χ4n) is 4.85. The third-order valence-corrected chi connectivity index (χ3v) is 6.99. The van der Waals surface area contributed by atoms with E-state index in [9.17, 15) is 0 Å². The van der Waals surface area contributed by atoms with E-state index in [0.29, 0.717) is 12.0 Å². The molecule has 2 fully saturated rings. The quantitative estimate of drug-likeness (QED) is 0.182. The number of hydrogen-bond donors (Lipinski definition) is 2. The Morgan fingerprint density at radius 2 is 1.85 bits per heavy atom. The first-order valence-electron chi connectivity index (χ1n) is 12.7. The fraction of sp³-hybridized carbons (Fsp3) is 0.760. The van der Waals surface area contributed by atoms with Gasteiger partial charge in [-0.25, -0.2) is 9.98 Å². The Hall–Kier alpha value is -1.13. The van der Waals surface area contributed by atoms with E-state index in [-0.39, 0.29) is 24.0 Å². The molecule has 0 bridgehead atoms. The van der Waals surface area contributed by atoms with Crippen LogP contribution in [-0.2, 0) is 11.3 Å². The predicted molar refractivity (Wildman–Crippen MR) is 149 cm³/mol. The number of hydrogen-bond acceptors (Lipinski definition) is 5. The van der Waals surface area contributed by atoms with Crippen molar-refractivity contribution in [1.29, 1.82) is 0 Å². The molecule has 1 aliphatic heterocycles. The smallest absolute Gasteiger partial charge is 0.191 e. The van der Waals surface area contributed by atoms with Gasteiger partial charge in [0.05, 0.1) is 6.54 Å². The summed E-state index contributed by atoms with van der Waals surface area (Å²) >= 11 is 0. The summed E-state index contributed by atoms with van der Waals surface area (Å²) in [6, 6.07) is 4.32. The second kappa shape index (κ2) is 15.0. The van der Waals surface area contributed by atoms with Gasteiger partial charge in [0.15, 0.2) is 5.96 Å². The molecule has 1 aromatic heterocycles. The molecule has 0 amide bonds. The Kier molecular flexibility index (Phi) is 12.8. The molecule has 7 nitrogen and oxygen atoms in total. The zero-order valence-electron chi connectivity index (χ0n) is 20.9. The van der Waals surface area contributed by atoms with Gasteiger partial charge in [-0.15, -0.1) is 24.0 Å². The number of ether oxygens (including phenoxy) is 1. The van der Waals surface area contributed by atoms with Crippen molar-refractivity contribution < 1.29 is 4.74 Å². The third kappa shape index (κ3) is 8.87. The average Bonchev–Trinajstić information content (AvgIpc) is 3.30. The summed E-state index contributed by atoms with van der Waals surface area (Å²) in [6.07, 6.45) is 8.33. The lowest BCUT2D eigenvalue weighted by molar-refractivity contribution is 0.105. The molecule has 2 heterocycles. The Morgan fingerprint density at radius 3 is 2.45 bits per heavy atom. The van der Waals surface area contributed by atoms with Gasteiger partial charge in [0.25, 0.3) is 0 Å². The highest BCUT2D eigenvalue weighted by molar-refractivity contribution is 14.0. The zero-order valence-corrected chi connectivity index (χ0v) is 23.3. The lowest BCUT2D eigenvalue weighted by Gasteiger charge is -2.34. The topological polar surface area (TPSA) is 65.0 Å². The van der Waals surface area contributed by atoms with Gasteiger partial charge >= 0.3 is 0 Å². The van der Waals surface area contributed by atoms with Crippen LogP contribution in [0.3, 0.4) is 0 Å². The van der Waals surface area contributed by atoms with Crippen molar-refractivity contribution in [2.75, 3.05) is 63.9 Å². The molecule has 1 saturated heterocycles. The van der Waals surface area contributed by atoms with Gasteiger partial charge in [0.2, 0.25) is 0 Å². The minimum atomic E-state index is 0. The maximum Gasteiger partial charge on any atom is 0.191 e. The number of aliphatic imine (C=N–C) groups is 1. The molecular formula is C25H45IN6O. The number of nitrogens with zero attached hydrogens (tertiary/aromatic N) is 4. The van der Waals surface area contributed by atoms with Crippen LogP contribution in [0.2, 0.25) is 0 Å². The van der Waals surface area contributed by atoms with E-state index in [1.807, 2.05) is 6.20 Å². The molecule has 0 unspecified atom stereocenters. The van der Waals surface area contributed by atoms with E-state index in [1.54, 1.807) is 0 Å². The highest BCUT2D eigenvalue weighted by Crippen LogP contribution is 2.40. The molecule has 2 N–H and O–H groups in total. The summed E-state index contributed by atoms with van der Waals surface area (Å²) in [5, 5.41) is 7.03. The van der Waals surface area contributed by atoms with Gasteiger partial charge in [-0.05, 0) is 56.7 Å². The normalized spacial score (nSPS) is 18.8. The van der Waals surface area contributed by atoms with Crippen LogP contribution in [0.25, 0.3) is 0 Å². The highest BCUT2D eigenvalue weighted by atomic mass is 127. The molecule has 188 valence electrons. The van der Waals surface area contributed by atoms with E-state index >= 15 is 0 Å². The van der Waals surface area contributed by atoms with E-state index in [4.69, 9.17) is 14.7 Å². The molecule has 33 heavy (non-hydrogen) atoms. The predicted octanol–water partition coefficient (Wildman–Crippen LogP) is 3.88. The van der Waals surface area contributed by atoms with Gasteiger partial charge in [0, 0.05) is 58.7 Å². The fourth-order valence-corrected chi connectivity index (χ4v) is 4.85. The van der Waals surface area contributed by atoms with Crippen LogP contribution < -0.4 is 15.5 Å². The molecular weight excluding hydrogens is 527 g/mol. The van der Waals surface area contributed by atoms with E-state index < -0.39 is 0 Å². The van der Waals surface area contributed by atoms with Crippen molar-refractivity contribution in [2.45, 2.75) is 59.4 Å². The Bertz CT molecular complexity index is 685. The molecule has 1 aromatic rings. The summed E-state index contributed by atoms with van der Waals surface area (Å²) in [5.41, 5.74) is 1.49. The first-order chi connectivity index (χ1) is 15.7. The van der Waals surface area contributed by atoms with Crippen LogP contribution in [0.5, 0.6) is 0 Å². The van der Waals surface area contributed by atoms with Gasteiger partial charge in [0.1, 0.15) is 5.82 Å². The van der Waals surface area contributed by atoms with E-state index in [1.165, 1.54) is 25.7 Å². The molecule has 1 saturated carbocycles. The van der Waals surface area contributed by atoms with Crippen molar-refractivity contribution >= 4 is 35.8 Å². The van der Waals surface area contributed by atoms with Crippen LogP contribution in [0.1, 0.15) is 58.4 Å². The van der Waals surface area contributed by atoms with Gasteiger partial charge in [-0.3, -0.25) is 0 Å². The average molecular weight is 573 g/mol. The van der Waals surface area contributed by atoms with E-state index in [2.05, 4.69) is 53.3 Å². The summed E-state index contributed by atoms with van der Waals surface area (Å²) in [6.45, 7) is 16.0. The maximum absolute atomic E-state index is 5.66. The molecule has 0 aromatic carbocycles. The van der Waals surface area contributed by atoms with Crippen LogP contribution in [0, 0.1) is 5.41 Å². The minimum absolute atomic E-state index is 0. The number of aromatic nitrogens is 1. The van der Waals surface area contributed by atoms with Crippen molar-refractivity contribution in [1.82, 2.24) is 20.5 Å². The molecule has 8 heteroatoms. The Labute approximate surface area is 218 Å². The van der Waals surface area contributed by atoms with Crippen LogP contribution in [0.4, 0.5) is 5.82 Å². The first-order valence-corrected chi connectivity index (χ1v) is 12.7. The SMILES string of the molecule is CCNC(=NCc1ccc(N2CCN(CC)CC2)nc1)NCC1(CCOCC)CCCC1.I. The number of halogens is 1. The number of nitrogens with one attached hydrogen (secondary N) is 2. The second-order valence-electron chi connectivity index (χ2n) is 9.15. The van der Waals surface area contributed by atoms with Gasteiger partial charge in [-0.2, -0.15) is 0 Å². The molecule has 0 spiro atoms. The Balaban J connectivity index is 0.00000385. The van der Waals surface area contributed by atoms with Crippen LogP contribution >= 0.6 is 24.0 Å². The number of piperazine rings is 1. The van der Waals surface area contributed by atoms with Crippen molar-refractivity contribution in [3.63, 3.8) is 0 Å². The molecule has 0 radical (unpaired) electrons. The van der Waals surface area contributed by atoms with Gasteiger partial charge < -0.3 is 25.2 Å². The van der Waals surface area contributed by atoms with Gasteiger partial charge in [-0.1, -0.05) is 25.8 Å². The largest absolute Gasteiger partial charge is 0.382 e. The molecule has 1 aliphatic carbocycles. The first kappa shape index (κ1) is 28.1. The lowest BCUT2D eigenvalue weighted by atomic mass is 9.83. The standard InChI is InChI=1S/C25H44N6O.HI/c1-4-26-24(29-21-25(11-7-8-12-25)13-18-32-6-3)28-20-22-9-10-23(27-19-22)31-16-14-30(5-2)15-17-31;/h9-10,19H,4-8,11-18,20-21H2,1-3H3,(H2,26,28,29);1H. The van der Waals surface area contributed by atoms with Crippen molar-refractivity contribution in [2.24, 2.45) is 10.4 Å². The monoisotopic (exact) mass is 572 g/mol. The summed E-state index contributed by atoms with van der Waals surface area (Å²) < 4.78 is 5.66.